The summed E-state index contributed by atoms with van der Waals surface area (Å²) in [6.07, 6.45) is 3.50. The molecule has 11 heteroatoms. The SMILES string of the molecule is COC(=O)CCC(=O)c1cccc(-n2ccc3cnc(Nc4cc(OC)c(OC)c(OC)c4)nc32)n1. The molecule has 0 aliphatic rings. The monoisotopic (exact) mass is 491 g/mol. The Hall–Kier alpha value is -4.67. The number of anilines is 2. The highest BCUT2D eigenvalue weighted by atomic mass is 16.5. The first-order valence-corrected chi connectivity index (χ1v) is 11.0. The van der Waals surface area contributed by atoms with E-state index in [9.17, 15) is 9.59 Å². The first kappa shape index (κ1) is 24.5. The molecule has 0 radical (unpaired) electrons. The van der Waals surface area contributed by atoms with Gasteiger partial charge < -0.3 is 24.3 Å². The van der Waals surface area contributed by atoms with Gasteiger partial charge in [0.15, 0.2) is 22.9 Å². The molecule has 1 aromatic carbocycles. The number of carbonyl (C=O) groups is 2. The Morgan fingerprint density at radius 1 is 0.944 bits per heavy atom. The molecule has 186 valence electrons. The van der Waals surface area contributed by atoms with Crippen molar-refractivity contribution in [1.29, 1.82) is 0 Å². The van der Waals surface area contributed by atoms with Gasteiger partial charge in [0.25, 0.3) is 0 Å². The number of hydrogen-bond donors (Lipinski definition) is 1. The van der Waals surface area contributed by atoms with E-state index in [0.717, 1.165) is 5.39 Å². The third-order valence-electron chi connectivity index (χ3n) is 5.40. The summed E-state index contributed by atoms with van der Waals surface area (Å²) in [5.74, 6) is 1.59. The molecule has 0 spiro atoms. The topological polar surface area (TPSA) is 127 Å². The van der Waals surface area contributed by atoms with Gasteiger partial charge in [0, 0.05) is 42.0 Å². The maximum Gasteiger partial charge on any atom is 0.305 e. The summed E-state index contributed by atoms with van der Waals surface area (Å²) in [5.41, 5.74) is 1.48. The second-order valence-corrected chi connectivity index (χ2v) is 7.58. The van der Waals surface area contributed by atoms with Crippen molar-refractivity contribution in [3.05, 3.63) is 54.5 Å². The fourth-order valence-electron chi connectivity index (χ4n) is 3.60. The number of methoxy groups -OCH3 is 4. The molecule has 4 aromatic rings. The quantitative estimate of drug-likeness (QED) is 0.259. The third-order valence-corrected chi connectivity index (χ3v) is 5.40. The van der Waals surface area contributed by atoms with Crippen LogP contribution in [0.3, 0.4) is 0 Å². The van der Waals surface area contributed by atoms with E-state index >= 15 is 0 Å². The van der Waals surface area contributed by atoms with Crippen molar-refractivity contribution >= 4 is 34.4 Å². The second kappa shape index (κ2) is 10.7. The molecule has 4 rings (SSSR count). The largest absolute Gasteiger partial charge is 0.493 e. The van der Waals surface area contributed by atoms with Gasteiger partial charge in [-0.1, -0.05) is 6.07 Å². The van der Waals surface area contributed by atoms with Crippen LogP contribution < -0.4 is 19.5 Å². The zero-order chi connectivity index (χ0) is 25.7. The van der Waals surface area contributed by atoms with Gasteiger partial charge in [0.05, 0.1) is 34.9 Å². The lowest BCUT2D eigenvalue weighted by molar-refractivity contribution is -0.140. The number of aromatic nitrogens is 4. The van der Waals surface area contributed by atoms with Crippen LogP contribution in [0, 0.1) is 0 Å². The number of rotatable bonds is 10. The van der Waals surface area contributed by atoms with Crippen LogP contribution in [0.4, 0.5) is 11.6 Å². The van der Waals surface area contributed by atoms with E-state index in [1.54, 1.807) is 47.3 Å². The van der Waals surface area contributed by atoms with Crippen molar-refractivity contribution in [3.8, 4) is 23.1 Å². The highest BCUT2D eigenvalue weighted by Gasteiger charge is 2.16. The number of Topliss-reactive ketones (excluding diaryl/α,β-unsaturated/α-hetero) is 1. The van der Waals surface area contributed by atoms with Gasteiger partial charge in [0.2, 0.25) is 11.7 Å². The molecule has 0 saturated heterocycles. The second-order valence-electron chi connectivity index (χ2n) is 7.58. The van der Waals surface area contributed by atoms with Crippen molar-refractivity contribution in [2.75, 3.05) is 33.8 Å². The Balaban J connectivity index is 1.64. The van der Waals surface area contributed by atoms with Crippen LogP contribution in [0.5, 0.6) is 17.2 Å². The number of nitrogens with one attached hydrogen (secondary N) is 1. The lowest BCUT2D eigenvalue weighted by atomic mass is 10.1. The first-order chi connectivity index (χ1) is 17.5. The average Bonchev–Trinajstić information content (AvgIpc) is 3.34. The van der Waals surface area contributed by atoms with E-state index in [-0.39, 0.29) is 24.3 Å². The van der Waals surface area contributed by atoms with Gasteiger partial charge in [-0.2, -0.15) is 4.98 Å². The van der Waals surface area contributed by atoms with Crippen LogP contribution in [-0.2, 0) is 9.53 Å². The summed E-state index contributed by atoms with van der Waals surface area (Å²) in [5, 5.41) is 3.95. The Labute approximate surface area is 207 Å². The van der Waals surface area contributed by atoms with Crippen LogP contribution in [-0.4, -0.2) is 59.7 Å². The Morgan fingerprint density at radius 2 is 1.69 bits per heavy atom. The van der Waals surface area contributed by atoms with E-state index in [1.165, 1.54) is 28.4 Å². The lowest BCUT2D eigenvalue weighted by Crippen LogP contribution is -2.09. The van der Waals surface area contributed by atoms with Crippen LogP contribution >= 0.6 is 0 Å². The van der Waals surface area contributed by atoms with Crippen LogP contribution in [0.1, 0.15) is 23.3 Å². The molecule has 0 aliphatic carbocycles. The van der Waals surface area contributed by atoms with Crippen LogP contribution in [0.25, 0.3) is 16.9 Å². The molecule has 3 aromatic heterocycles. The van der Waals surface area contributed by atoms with E-state index in [4.69, 9.17) is 14.2 Å². The molecule has 11 nitrogen and oxygen atoms in total. The molecule has 3 heterocycles. The Kier molecular flexibility index (Phi) is 7.28. The number of ether oxygens (including phenoxy) is 4. The van der Waals surface area contributed by atoms with Crippen molar-refractivity contribution in [3.63, 3.8) is 0 Å². The van der Waals surface area contributed by atoms with E-state index in [0.29, 0.717) is 40.3 Å². The normalized spacial score (nSPS) is 10.7. The number of ketones is 1. The summed E-state index contributed by atoms with van der Waals surface area (Å²) in [7, 11) is 5.90. The van der Waals surface area contributed by atoms with Crippen LogP contribution in [0.15, 0.2) is 48.8 Å². The molecule has 0 bridgehead atoms. The molecule has 0 aliphatic heterocycles. The molecule has 0 atom stereocenters. The van der Waals surface area contributed by atoms with Crippen LogP contribution in [0.2, 0.25) is 0 Å². The van der Waals surface area contributed by atoms with E-state index in [2.05, 4.69) is 25.0 Å². The Morgan fingerprint density at radius 3 is 2.36 bits per heavy atom. The minimum Gasteiger partial charge on any atom is -0.493 e. The number of carbonyl (C=O) groups excluding carboxylic acids is 2. The molecule has 0 unspecified atom stereocenters. The van der Waals surface area contributed by atoms with Gasteiger partial charge in [-0.15, -0.1) is 0 Å². The summed E-state index contributed by atoms with van der Waals surface area (Å²) in [6.45, 7) is 0. The average molecular weight is 492 g/mol. The summed E-state index contributed by atoms with van der Waals surface area (Å²) >= 11 is 0. The molecule has 0 fully saturated rings. The van der Waals surface area contributed by atoms with Crippen molar-refractivity contribution in [2.24, 2.45) is 0 Å². The number of hydrogen-bond acceptors (Lipinski definition) is 10. The number of nitrogens with zero attached hydrogens (tertiary/aromatic N) is 4. The number of pyridine rings is 1. The standard InChI is InChI=1S/C25H25N5O6/c1-33-19-12-16(13-20(34-2)23(19)36-4)27-25-26-14-15-10-11-30(24(15)29-25)21-7-5-6-17(28-21)18(31)8-9-22(32)35-3/h5-7,10-14H,8-9H2,1-4H3,(H,26,27,29). The van der Waals surface area contributed by atoms with E-state index < -0.39 is 5.97 Å². The summed E-state index contributed by atoms with van der Waals surface area (Å²) < 4.78 is 22.5. The zero-order valence-corrected chi connectivity index (χ0v) is 20.3. The van der Waals surface area contributed by atoms with E-state index in [1.807, 2.05) is 6.07 Å². The fraction of sp³-hybridized carbons (Fsp3) is 0.240. The maximum atomic E-state index is 12.5. The van der Waals surface area contributed by atoms with Gasteiger partial charge in [-0.25, -0.2) is 9.97 Å². The minimum absolute atomic E-state index is 0.00310. The maximum absolute atomic E-state index is 12.5. The summed E-state index contributed by atoms with van der Waals surface area (Å²) in [6, 6.07) is 10.5. The predicted octanol–water partition coefficient (Wildman–Crippen LogP) is 3.72. The van der Waals surface area contributed by atoms with Gasteiger partial charge >= 0.3 is 5.97 Å². The lowest BCUT2D eigenvalue weighted by Gasteiger charge is -2.14. The van der Waals surface area contributed by atoms with Gasteiger partial charge in [-0.05, 0) is 18.2 Å². The van der Waals surface area contributed by atoms with Crippen molar-refractivity contribution in [2.45, 2.75) is 12.8 Å². The van der Waals surface area contributed by atoms with Crippen molar-refractivity contribution < 1.29 is 28.5 Å². The van der Waals surface area contributed by atoms with Gasteiger partial charge in [-0.3, -0.25) is 14.2 Å². The highest BCUT2D eigenvalue weighted by Crippen LogP contribution is 2.40. The smallest absolute Gasteiger partial charge is 0.305 e. The third kappa shape index (κ3) is 5.04. The molecule has 0 amide bonds. The molecule has 1 N–H and O–H groups in total. The van der Waals surface area contributed by atoms with Crippen molar-refractivity contribution in [1.82, 2.24) is 19.5 Å². The summed E-state index contributed by atoms with van der Waals surface area (Å²) in [4.78, 5) is 37.4. The zero-order valence-electron chi connectivity index (χ0n) is 20.3. The molecular weight excluding hydrogens is 466 g/mol. The predicted molar refractivity (Wildman–Crippen MR) is 132 cm³/mol. The Bertz CT molecular complexity index is 1390. The number of fused-ring (bicyclic) bond motifs is 1. The molecule has 36 heavy (non-hydrogen) atoms. The molecule has 0 saturated carbocycles. The van der Waals surface area contributed by atoms with Gasteiger partial charge in [0.1, 0.15) is 11.5 Å². The molecular formula is C25H25N5O6. The highest BCUT2D eigenvalue weighted by molar-refractivity contribution is 5.96. The first-order valence-electron chi connectivity index (χ1n) is 11.0. The number of esters is 1. The fourth-order valence-corrected chi connectivity index (χ4v) is 3.60. The number of benzene rings is 1. The minimum atomic E-state index is -0.445.